The number of nitrogens with zero attached hydrogens (tertiary/aromatic N) is 2. The number of aromatic carboxylic acids is 1. The third-order valence-electron chi connectivity index (χ3n) is 1.98. The average molecular weight is 187 g/mol. The van der Waals surface area contributed by atoms with Gasteiger partial charge in [0.2, 0.25) is 0 Å². The second-order valence-electron chi connectivity index (χ2n) is 2.74. The van der Waals surface area contributed by atoms with Crippen LogP contribution in [0.3, 0.4) is 0 Å². The molecule has 5 heteroatoms. The fourth-order valence-corrected chi connectivity index (χ4v) is 1.74. The number of rotatable bonds is 1. The lowest BCUT2D eigenvalue weighted by Crippen LogP contribution is -2.01. The van der Waals surface area contributed by atoms with Crippen LogP contribution in [0.2, 0.25) is 5.02 Å². The van der Waals surface area contributed by atoms with E-state index in [4.69, 9.17) is 16.7 Å². The van der Waals surface area contributed by atoms with Gasteiger partial charge in [0.15, 0.2) is 5.69 Å². The summed E-state index contributed by atoms with van der Waals surface area (Å²) < 4.78 is 1.67. The van der Waals surface area contributed by atoms with Gasteiger partial charge < -0.3 is 5.11 Å². The fourth-order valence-electron chi connectivity index (χ4n) is 1.43. The van der Waals surface area contributed by atoms with E-state index in [1.165, 1.54) is 0 Å². The number of hydrogen-bond donors (Lipinski definition) is 1. The number of hydrogen-bond acceptors (Lipinski definition) is 2. The number of carboxylic acids is 1. The molecule has 2 heterocycles. The number of carboxylic acid groups (broad SMARTS) is 1. The molecular weight excluding hydrogens is 180 g/mol. The summed E-state index contributed by atoms with van der Waals surface area (Å²) in [5.41, 5.74) is 0.834. The summed E-state index contributed by atoms with van der Waals surface area (Å²) >= 11 is 5.80. The van der Waals surface area contributed by atoms with Crippen LogP contribution >= 0.6 is 11.6 Å². The quantitative estimate of drug-likeness (QED) is 0.717. The molecule has 0 spiro atoms. The normalized spacial score (nSPS) is 14.8. The summed E-state index contributed by atoms with van der Waals surface area (Å²) in [6, 6.07) is 0. The maximum absolute atomic E-state index is 10.6. The number of carbonyl (C=O) groups is 1. The SMILES string of the molecule is O=C(O)c1nn2c(c1Cl)CCC2. The van der Waals surface area contributed by atoms with E-state index in [0.717, 1.165) is 25.1 Å². The Morgan fingerprint density at radius 2 is 2.42 bits per heavy atom. The largest absolute Gasteiger partial charge is 0.476 e. The molecule has 0 unspecified atom stereocenters. The third kappa shape index (κ3) is 0.914. The van der Waals surface area contributed by atoms with E-state index in [-0.39, 0.29) is 5.69 Å². The van der Waals surface area contributed by atoms with Gasteiger partial charge in [-0.25, -0.2) is 4.79 Å². The van der Waals surface area contributed by atoms with Crippen LogP contribution in [-0.4, -0.2) is 20.9 Å². The summed E-state index contributed by atoms with van der Waals surface area (Å²) in [6.45, 7) is 0.780. The van der Waals surface area contributed by atoms with Crippen molar-refractivity contribution in [3.8, 4) is 0 Å². The van der Waals surface area contributed by atoms with Crippen molar-refractivity contribution in [3.63, 3.8) is 0 Å². The van der Waals surface area contributed by atoms with E-state index >= 15 is 0 Å². The van der Waals surface area contributed by atoms with Crippen LogP contribution in [0.4, 0.5) is 0 Å². The molecule has 64 valence electrons. The Bertz CT molecular complexity index is 345. The second kappa shape index (κ2) is 2.48. The second-order valence-corrected chi connectivity index (χ2v) is 3.12. The summed E-state index contributed by atoms with van der Waals surface area (Å²) in [5.74, 6) is -1.05. The zero-order chi connectivity index (χ0) is 8.72. The lowest BCUT2D eigenvalue weighted by Gasteiger charge is -1.89. The topological polar surface area (TPSA) is 55.1 Å². The highest BCUT2D eigenvalue weighted by molar-refractivity contribution is 6.33. The molecule has 2 rings (SSSR count). The van der Waals surface area contributed by atoms with Gasteiger partial charge in [0.1, 0.15) is 0 Å². The lowest BCUT2D eigenvalue weighted by molar-refractivity contribution is 0.0689. The zero-order valence-corrected chi connectivity index (χ0v) is 7.01. The predicted molar refractivity (Wildman–Crippen MR) is 42.5 cm³/mol. The van der Waals surface area contributed by atoms with Crippen molar-refractivity contribution < 1.29 is 9.90 Å². The van der Waals surface area contributed by atoms with Gasteiger partial charge >= 0.3 is 5.97 Å². The smallest absolute Gasteiger partial charge is 0.357 e. The van der Waals surface area contributed by atoms with Gasteiger partial charge in [0, 0.05) is 6.54 Å². The van der Waals surface area contributed by atoms with E-state index in [2.05, 4.69) is 5.10 Å². The molecule has 0 bridgehead atoms. The van der Waals surface area contributed by atoms with Crippen molar-refractivity contribution in [2.75, 3.05) is 0 Å². The Morgan fingerprint density at radius 3 is 3.00 bits per heavy atom. The Labute approximate surface area is 73.8 Å². The number of fused-ring (bicyclic) bond motifs is 1. The van der Waals surface area contributed by atoms with Crippen molar-refractivity contribution in [2.24, 2.45) is 0 Å². The first-order valence-electron chi connectivity index (χ1n) is 3.68. The summed E-state index contributed by atoms with van der Waals surface area (Å²) in [5, 5.41) is 12.8. The first kappa shape index (κ1) is 7.61. The maximum atomic E-state index is 10.6. The maximum Gasteiger partial charge on any atom is 0.357 e. The molecule has 0 saturated carbocycles. The predicted octanol–water partition coefficient (Wildman–Crippen LogP) is 1.18. The van der Waals surface area contributed by atoms with Crippen LogP contribution in [0.5, 0.6) is 0 Å². The molecule has 1 aliphatic heterocycles. The average Bonchev–Trinajstić information content (AvgIpc) is 2.53. The first-order valence-corrected chi connectivity index (χ1v) is 4.06. The van der Waals surface area contributed by atoms with Crippen LogP contribution in [0.25, 0.3) is 0 Å². The highest BCUT2D eigenvalue weighted by Crippen LogP contribution is 2.26. The van der Waals surface area contributed by atoms with E-state index in [0.29, 0.717) is 5.02 Å². The summed E-state index contributed by atoms with van der Waals surface area (Å²) in [7, 11) is 0. The molecule has 0 radical (unpaired) electrons. The highest BCUT2D eigenvalue weighted by atomic mass is 35.5. The zero-order valence-electron chi connectivity index (χ0n) is 6.25. The van der Waals surface area contributed by atoms with Crippen molar-refractivity contribution in [1.29, 1.82) is 0 Å². The molecule has 0 aliphatic carbocycles. The number of aryl methyl sites for hydroxylation is 1. The fraction of sp³-hybridized carbons (Fsp3) is 0.429. The van der Waals surface area contributed by atoms with Gasteiger partial charge in [0.25, 0.3) is 0 Å². The van der Waals surface area contributed by atoms with Crippen molar-refractivity contribution in [3.05, 3.63) is 16.4 Å². The lowest BCUT2D eigenvalue weighted by atomic mass is 10.2. The number of halogens is 1. The minimum atomic E-state index is -1.05. The summed E-state index contributed by atoms with van der Waals surface area (Å²) in [4.78, 5) is 10.6. The summed E-state index contributed by atoms with van der Waals surface area (Å²) in [6.07, 6.45) is 1.83. The Morgan fingerprint density at radius 1 is 1.67 bits per heavy atom. The molecule has 0 amide bonds. The molecule has 1 aromatic heterocycles. The van der Waals surface area contributed by atoms with E-state index in [9.17, 15) is 4.79 Å². The van der Waals surface area contributed by atoms with Crippen LogP contribution in [0.15, 0.2) is 0 Å². The van der Waals surface area contributed by atoms with Crippen LogP contribution in [0.1, 0.15) is 22.6 Å². The van der Waals surface area contributed by atoms with Gasteiger partial charge in [0.05, 0.1) is 10.7 Å². The van der Waals surface area contributed by atoms with Crippen molar-refractivity contribution >= 4 is 17.6 Å². The Balaban J connectivity index is 2.54. The van der Waals surface area contributed by atoms with Gasteiger partial charge in [-0.3, -0.25) is 4.68 Å². The molecule has 1 N–H and O–H groups in total. The third-order valence-corrected chi connectivity index (χ3v) is 2.38. The molecule has 4 nitrogen and oxygen atoms in total. The van der Waals surface area contributed by atoms with Crippen molar-refractivity contribution in [2.45, 2.75) is 19.4 Å². The molecule has 0 aromatic carbocycles. The van der Waals surface area contributed by atoms with Gasteiger partial charge in [-0.1, -0.05) is 11.6 Å². The monoisotopic (exact) mass is 186 g/mol. The van der Waals surface area contributed by atoms with E-state index in [1.54, 1.807) is 4.68 Å². The van der Waals surface area contributed by atoms with E-state index < -0.39 is 5.97 Å². The van der Waals surface area contributed by atoms with Crippen LogP contribution in [0, 0.1) is 0 Å². The highest BCUT2D eigenvalue weighted by Gasteiger charge is 2.23. The standard InChI is InChI=1S/C7H7ClN2O2/c8-5-4-2-1-3-10(4)9-6(5)7(11)12/h1-3H2,(H,11,12). The van der Waals surface area contributed by atoms with E-state index in [1.807, 2.05) is 0 Å². The van der Waals surface area contributed by atoms with Gasteiger partial charge in [-0.05, 0) is 12.8 Å². The first-order chi connectivity index (χ1) is 5.70. The molecule has 1 aliphatic rings. The molecule has 1 aromatic rings. The molecule has 12 heavy (non-hydrogen) atoms. The van der Waals surface area contributed by atoms with Gasteiger partial charge in [-0.2, -0.15) is 5.10 Å². The molecule has 0 atom stereocenters. The molecule has 0 fully saturated rings. The number of aromatic nitrogens is 2. The molecular formula is C7H7ClN2O2. The van der Waals surface area contributed by atoms with Gasteiger partial charge in [-0.15, -0.1) is 0 Å². The van der Waals surface area contributed by atoms with Crippen LogP contribution in [-0.2, 0) is 13.0 Å². The Hall–Kier alpha value is -1.03. The van der Waals surface area contributed by atoms with Crippen molar-refractivity contribution in [1.82, 2.24) is 9.78 Å². The molecule has 0 saturated heterocycles. The Kier molecular flexibility index (Phi) is 1.58. The minimum Gasteiger partial charge on any atom is -0.476 e. The van der Waals surface area contributed by atoms with Crippen LogP contribution < -0.4 is 0 Å². The minimum absolute atomic E-state index is 0.0219.